The molecule has 0 aromatic heterocycles. The lowest BCUT2D eigenvalue weighted by atomic mass is 10.1. The minimum absolute atomic E-state index is 0.187. The third-order valence-electron chi connectivity index (χ3n) is 3.52. The van der Waals surface area contributed by atoms with Crippen molar-refractivity contribution in [3.8, 4) is 0 Å². The van der Waals surface area contributed by atoms with Gasteiger partial charge in [0.25, 0.3) is 0 Å². The van der Waals surface area contributed by atoms with Gasteiger partial charge in [-0.25, -0.2) is 0 Å². The standard InChI is InChI=1S/C14H29N3O2/c1-4-5-12(2)8-17-6-7-19-13(10-17)9-16(3)11-14(15)18/h12-13H,4-11H2,1-3H3,(H2,15,18)/t12-,13-/m1/s1. The molecule has 0 spiro atoms. The summed E-state index contributed by atoms with van der Waals surface area (Å²) in [6.45, 7) is 9.51. The first-order valence-corrected chi connectivity index (χ1v) is 7.32. The zero-order chi connectivity index (χ0) is 14.3. The Bertz CT molecular complexity index is 273. The van der Waals surface area contributed by atoms with Crippen molar-refractivity contribution < 1.29 is 9.53 Å². The lowest BCUT2D eigenvalue weighted by molar-refractivity contribution is -0.119. The highest BCUT2D eigenvalue weighted by Crippen LogP contribution is 2.12. The molecule has 1 saturated heterocycles. The van der Waals surface area contributed by atoms with E-state index in [4.69, 9.17) is 10.5 Å². The van der Waals surface area contributed by atoms with E-state index in [0.717, 1.165) is 38.7 Å². The van der Waals surface area contributed by atoms with Crippen molar-refractivity contribution in [2.45, 2.75) is 32.8 Å². The Kier molecular flexibility index (Phi) is 7.34. The molecule has 1 rings (SSSR count). The van der Waals surface area contributed by atoms with Gasteiger partial charge >= 0.3 is 0 Å². The normalized spacial score (nSPS) is 22.6. The number of carbonyl (C=O) groups excluding carboxylic acids is 1. The Morgan fingerprint density at radius 3 is 2.95 bits per heavy atom. The Balaban J connectivity index is 2.31. The monoisotopic (exact) mass is 271 g/mol. The first-order valence-electron chi connectivity index (χ1n) is 7.32. The van der Waals surface area contributed by atoms with Crippen LogP contribution in [0.3, 0.4) is 0 Å². The van der Waals surface area contributed by atoms with E-state index in [1.54, 1.807) is 0 Å². The predicted octanol–water partition coefficient (Wildman–Crippen LogP) is 0.541. The van der Waals surface area contributed by atoms with Gasteiger partial charge in [0.1, 0.15) is 0 Å². The number of ether oxygens (including phenoxy) is 1. The Morgan fingerprint density at radius 1 is 1.58 bits per heavy atom. The van der Waals surface area contributed by atoms with Crippen LogP contribution in [0.2, 0.25) is 0 Å². The van der Waals surface area contributed by atoms with E-state index in [9.17, 15) is 4.79 Å². The number of hydrogen-bond acceptors (Lipinski definition) is 4. The summed E-state index contributed by atoms with van der Waals surface area (Å²) in [6, 6.07) is 0. The van der Waals surface area contributed by atoms with Crippen molar-refractivity contribution in [2.24, 2.45) is 11.7 Å². The number of likely N-dealkylation sites (N-methyl/N-ethyl adjacent to an activating group) is 1. The second-order valence-corrected chi connectivity index (χ2v) is 5.81. The van der Waals surface area contributed by atoms with Gasteiger partial charge in [-0.05, 0) is 19.4 Å². The van der Waals surface area contributed by atoms with Crippen LogP contribution < -0.4 is 5.73 Å². The molecule has 0 bridgehead atoms. The number of hydrogen-bond donors (Lipinski definition) is 1. The van der Waals surface area contributed by atoms with E-state index in [1.165, 1.54) is 12.8 Å². The van der Waals surface area contributed by atoms with Crippen LogP contribution in [0.15, 0.2) is 0 Å². The zero-order valence-corrected chi connectivity index (χ0v) is 12.6. The summed E-state index contributed by atoms with van der Waals surface area (Å²) in [7, 11) is 1.91. The van der Waals surface area contributed by atoms with Crippen molar-refractivity contribution >= 4 is 5.91 Å². The lowest BCUT2D eigenvalue weighted by Gasteiger charge is -2.35. The smallest absolute Gasteiger partial charge is 0.231 e. The molecule has 112 valence electrons. The quantitative estimate of drug-likeness (QED) is 0.700. The highest BCUT2D eigenvalue weighted by atomic mass is 16.5. The number of carbonyl (C=O) groups is 1. The van der Waals surface area contributed by atoms with Crippen molar-refractivity contribution in [1.29, 1.82) is 0 Å². The average Bonchev–Trinajstić information content (AvgIpc) is 2.28. The number of rotatable bonds is 8. The molecule has 1 heterocycles. The molecule has 5 nitrogen and oxygen atoms in total. The van der Waals surface area contributed by atoms with E-state index < -0.39 is 0 Å². The number of morpholine rings is 1. The summed E-state index contributed by atoms with van der Waals surface area (Å²) in [6.07, 6.45) is 2.71. The molecule has 19 heavy (non-hydrogen) atoms. The molecule has 0 aromatic rings. The molecule has 1 amide bonds. The Labute approximate surface area is 117 Å². The molecular formula is C14H29N3O2. The maximum Gasteiger partial charge on any atom is 0.231 e. The first kappa shape index (κ1) is 16.4. The summed E-state index contributed by atoms with van der Waals surface area (Å²) in [5, 5.41) is 0. The second kappa shape index (κ2) is 8.51. The van der Waals surface area contributed by atoms with Crippen molar-refractivity contribution in [3.05, 3.63) is 0 Å². The van der Waals surface area contributed by atoms with E-state index in [-0.39, 0.29) is 12.0 Å². The summed E-state index contributed by atoms with van der Waals surface area (Å²) >= 11 is 0. The summed E-state index contributed by atoms with van der Waals surface area (Å²) in [5.74, 6) is 0.457. The van der Waals surface area contributed by atoms with Gasteiger partial charge in [-0.1, -0.05) is 20.3 Å². The number of nitrogens with zero attached hydrogens (tertiary/aromatic N) is 2. The van der Waals surface area contributed by atoms with Gasteiger partial charge in [-0.3, -0.25) is 14.6 Å². The summed E-state index contributed by atoms with van der Waals surface area (Å²) < 4.78 is 5.77. The van der Waals surface area contributed by atoms with Gasteiger partial charge in [0.15, 0.2) is 0 Å². The van der Waals surface area contributed by atoms with Crippen LogP contribution in [0.5, 0.6) is 0 Å². The molecule has 0 saturated carbocycles. The molecule has 1 aliphatic heterocycles. The van der Waals surface area contributed by atoms with Gasteiger partial charge in [-0.15, -0.1) is 0 Å². The fraction of sp³-hybridized carbons (Fsp3) is 0.929. The molecule has 1 fully saturated rings. The van der Waals surface area contributed by atoms with E-state index in [1.807, 2.05) is 11.9 Å². The van der Waals surface area contributed by atoms with Crippen molar-refractivity contribution in [3.63, 3.8) is 0 Å². The predicted molar refractivity (Wildman–Crippen MR) is 76.9 cm³/mol. The van der Waals surface area contributed by atoms with E-state index >= 15 is 0 Å². The van der Waals surface area contributed by atoms with Crippen LogP contribution in [0.1, 0.15) is 26.7 Å². The van der Waals surface area contributed by atoms with Gasteiger partial charge in [-0.2, -0.15) is 0 Å². The topological polar surface area (TPSA) is 58.8 Å². The van der Waals surface area contributed by atoms with E-state index in [0.29, 0.717) is 6.54 Å². The summed E-state index contributed by atoms with van der Waals surface area (Å²) in [5.41, 5.74) is 5.19. The van der Waals surface area contributed by atoms with Crippen molar-refractivity contribution in [2.75, 3.05) is 46.4 Å². The molecule has 2 atom stereocenters. The average molecular weight is 271 g/mol. The molecule has 0 aromatic carbocycles. The maximum absolute atomic E-state index is 10.9. The fourth-order valence-electron chi connectivity index (χ4n) is 2.76. The van der Waals surface area contributed by atoms with Crippen LogP contribution in [-0.4, -0.2) is 68.2 Å². The highest BCUT2D eigenvalue weighted by Gasteiger charge is 2.22. The van der Waals surface area contributed by atoms with Gasteiger partial charge in [0, 0.05) is 26.2 Å². The van der Waals surface area contributed by atoms with E-state index in [2.05, 4.69) is 18.7 Å². The third-order valence-corrected chi connectivity index (χ3v) is 3.52. The number of nitrogens with two attached hydrogens (primary N) is 1. The maximum atomic E-state index is 10.9. The Hall–Kier alpha value is -0.650. The molecule has 0 radical (unpaired) electrons. The SMILES string of the molecule is CCC[C@@H](C)CN1CCO[C@H](CN(C)CC(N)=O)C1. The second-order valence-electron chi connectivity index (χ2n) is 5.81. The number of primary amides is 1. The third kappa shape index (κ3) is 6.89. The lowest BCUT2D eigenvalue weighted by Crippen LogP contribution is -2.48. The van der Waals surface area contributed by atoms with Crippen LogP contribution >= 0.6 is 0 Å². The molecule has 0 aliphatic carbocycles. The largest absolute Gasteiger partial charge is 0.374 e. The fourth-order valence-corrected chi connectivity index (χ4v) is 2.76. The van der Waals surface area contributed by atoms with Crippen molar-refractivity contribution in [1.82, 2.24) is 9.80 Å². The van der Waals surface area contributed by atoms with Crippen LogP contribution in [0, 0.1) is 5.92 Å². The van der Waals surface area contributed by atoms with Gasteiger partial charge in [0.2, 0.25) is 5.91 Å². The minimum Gasteiger partial charge on any atom is -0.374 e. The highest BCUT2D eigenvalue weighted by molar-refractivity contribution is 5.75. The molecule has 0 unspecified atom stereocenters. The van der Waals surface area contributed by atoms with Crippen LogP contribution in [0.25, 0.3) is 0 Å². The molecular weight excluding hydrogens is 242 g/mol. The minimum atomic E-state index is -0.285. The van der Waals surface area contributed by atoms with Gasteiger partial charge in [0.05, 0.1) is 19.3 Å². The van der Waals surface area contributed by atoms with Crippen LogP contribution in [-0.2, 0) is 9.53 Å². The number of amides is 1. The van der Waals surface area contributed by atoms with Gasteiger partial charge < -0.3 is 10.5 Å². The first-order chi connectivity index (χ1) is 9.01. The molecule has 2 N–H and O–H groups in total. The van der Waals surface area contributed by atoms with Crippen LogP contribution in [0.4, 0.5) is 0 Å². The molecule has 5 heteroatoms. The zero-order valence-electron chi connectivity index (χ0n) is 12.6. The molecule has 1 aliphatic rings. The summed E-state index contributed by atoms with van der Waals surface area (Å²) in [4.78, 5) is 15.3. The Morgan fingerprint density at radius 2 is 2.32 bits per heavy atom.